The molecular formula is C11H21NO. The fraction of sp³-hybridized carbons (Fsp3) is 0.909. The molecule has 1 fully saturated rings. The number of rotatable bonds is 2. The highest BCUT2D eigenvalue weighted by molar-refractivity contribution is 5.86. The van der Waals surface area contributed by atoms with E-state index in [1.807, 2.05) is 14.1 Å². The third-order valence-corrected chi connectivity index (χ3v) is 3.44. The molecule has 1 saturated carbocycles. The zero-order valence-electron chi connectivity index (χ0n) is 9.10. The van der Waals surface area contributed by atoms with E-state index in [9.17, 15) is 4.79 Å². The number of hydrogen-bond donors (Lipinski definition) is 0. The van der Waals surface area contributed by atoms with Crippen molar-refractivity contribution in [3.05, 3.63) is 0 Å². The van der Waals surface area contributed by atoms with Crippen molar-refractivity contribution < 1.29 is 4.79 Å². The number of hydrogen-bond acceptors (Lipinski definition) is 2. The first-order chi connectivity index (χ1) is 6.09. The summed E-state index contributed by atoms with van der Waals surface area (Å²) in [6, 6.07) is 0. The lowest BCUT2D eigenvalue weighted by Crippen LogP contribution is -2.49. The Morgan fingerprint density at radius 1 is 1.08 bits per heavy atom. The molecule has 0 atom stereocenters. The largest absolute Gasteiger partial charge is 0.298 e. The maximum Gasteiger partial charge on any atom is 0.149 e. The summed E-state index contributed by atoms with van der Waals surface area (Å²) < 4.78 is 0. The van der Waals surface area contributed by atoms with Crippen molar-refractivity contribution in [2.75, 3.05) is 14.1 Å². The normalized spacial score (nSPS) is 22.8. The van der Waals surface area contributed by atoms with Crippen molar-refractivity contribution in [3.63, 3.8) is 0 Å². The fourth-order valence-corrected chi connectivity index (χ4v) is 2.43. The van der Waals surface area contributed by atoms with Crippen molar-refractivity contribution in [1.29, 1.82) is 0 Å². The van der Waals surface area contributed by atoms with E-state index in [2.05, 4.69) is 4.90 Å². The summed E-state index contributed by atoms with van der Waals surface area (Å²) in [5.74, 6) is 0.347. The molecule has 76 valence electrons. The van der Waals surface area contributed by atoms with Crippen LogP contribution in [0.25, 0.3) is 0 Å². The van der Waals surface area contributed by atoms with Gasteiger partial charge in [-0.05, 0) is 33.9 Å². The first kappa shape index (κ1) is 10.7. The summed E-state index contributed by atoms with van der Waals surface area (Å²) in [6.45, 7) is 1.74. The van der Waals surface area contributed by atoms with Gasteiger partial charge >= 0.3 is 0 Å². The molecule has 0 bridgehead atoms. The second kappa shape index (κ2) is 4.23. The second-order valence-electron chi connectivity index (χ2n) is 4.40. The van der Waals surface area contributed by atoms with Crippen LogP contribution in [-0.4, -0.2) is 30.3 Å². The van der Waals surface area contributed by atoms with Crippen LogP contribution >= 0.6 is 0 Å². The van der Waals surface area contributed by atoms with Crippen LogP contribution in [0.5, 0.6) is 0 Å². The molecule has 0 heterocycles. The van der Waals surface area contributed by atoms with E-state index >= 15 is 0 Å². The molecular weight excluding hydrogens is 162 g/mol. The van der Waals surface area contributed by atoms with Crippen LogP contribution in [0.1, 0.15) is 45.4 Å². The molecule has 1 aliphatic carbocycles. The van der Waals surface area contributed by atoms with Crippen LogP contribution in [0.2, 0.25) is 0 Å². The second-order valence-corrected chi connectivity index (χ2v) is 4.40. The van der Waals surface area contributed by atoms with Gasteiger partial charge in [-0.1, -0.05) is 25.7 Å². The minimum Gasteiger partial charge on any atom is -0.298 e. The Bertz CT molecular complexity index is 179. The van der Waals surface area contributed by atoms with Gasteiger partial charge in [0.15, 0.2) is 0 Å². The quantitative estimate of drug-likeness (QED) is 0.612. The van der Waals surface area contributed by atoms with Gasteiger partial charge in [0.2, 0.25) is 0 Å². The highest BCUT2D eigenvalue weighted by atomic mass is 16.1. The maximum absolute atomic E-state index is 11.7. The number of carbonyl (C=O) groups is 1. The van der Waals surface area contributed by atoms with E-state index < -0.39 is 0 Å². The predicted octanol–water partition coefficient (Wildman–Crippen LogP) is 2.23. The lowest BCUT2D eigenvalue weighted by Gasteiger charge is -2.37. The standard InChI is InChI=1S/C11H21NO/c1-10(13)11(12(2)3)8-6-4-5-7-9-11/h4-9H2,1-3H3. The van der Waals surface area contributed by atoms with Gasteiger partial charge in [0.1, 0.15) is 5.78 Å². The van der Waals surface area contributed by atoms with Gasteiger partial charge in [-0.2, -0.15) is 0 Å². The number of carbonyl (C=O) groups excluding carboxylic acids is 1. The van der Waals surface area contributed by atoms with E-state index in [0.717, 1.165) is 12.8 Å². The molecule has 0 spiro atoms. The summed E-state index contributed by atoms with van der Waals surface area (Å²) in [7, 11) is 4.07. The third-order valence-electron chi connectivity index (χ3n) is 3.44. The number of nitrogens with zero attached hydrogens (tertiary/aromatic N) is 1. The Kier molecular flexibility index (Phi) is 3.48. The Hall–Kier alpha value is -0.370. The van der Waals surface area contributed by atoms with Crippen molar-refractivity contribution >= 4 is 5.78 Å². The van der Waals surface area contributed by atoms with E-state index in [1.165, 1.54) is 25.7 Å². The lowest BCUT2D eigenvalue weighted by molar-refractivity contribution is -0.128. The van der Waals surface area contributed by atoms with Gasteiger partial charge in [0.25, 0.3) is 0 Å². The van der Waals surface area contributed by atoms with E-state index in [0.29, 0.717) is 5.78 Å². The third kappa shape index (κ3) is 2.11. The molecule has 0 unspecified atom stereocenters. The van der Waals surface area contributed by atoms with Gasteiger partial charge in [0, 0.05) is 0 Å². The smallest absolute Gasteiger partial charge is 0.149 e. The Balaban J connectivity index is 2.80. The molecule has 2 nitrogen and oxygen atoms in total. The van der Waals surface area contributed by atoms with Gasteiger partial charge in [0.05, 0.1) is 5.54 Å². The summed E-state index contributed by atoms with van der Waals surface area (Å²) >= 11 is 0. The Morgan fingerprint density at radius 2 is 1.54 bits per heavy atom. The topological polar surface area (TPSA) is 20.3 Å². The molecule has 0 aromatic heterocycles. The van der Waals surface area contributed by atoms with Crippen LogP contribution < -0.4 is 0 Å². The SMILES string of the molecule is CC(=O)C1(N(C)C)CCCCCC1. The lowest BCUT2D eigenvalue weighted by atomic mass is 9.85. The zero-order valence-corrected chi connectivity index (χ0v) is 9.10. The highest BCUT2D eigenvalue weighted by Gasteiger charge is 2.37. The predicted molar refractivity (Wildman–Crippen MR) is 54.8 cm³/mol. The molecule has 1 rings (SSSR count). The molecule has 0 aliphatic heterocycles. The molecule has 0 saturated heterocycles. The van der Waals surface area contributed by atoms with Crippen LogP contribution in [0, 0.1) is 0 Å². The summed E-state index contributed by atoms with van der Waals surface area (Å²) in [6.07, 6.45) is 7.10. The van der Waals surface area contributed by atoms with Crippen molar-refractivity contribution in [3.8, 4) is 0 Å². The van der Waals surface area contributed by atoms with E-state index in [4.69, 9.17) is 0 Å². The maximum atomic E-state index is 11.7. The van der Waals surface area contributed by atoms with Crippen LogP contribution in [0.15, 0.2) is 0 Å². The van der Waals surface area contributed by atoms with Gasteiger partial charge in [-0.25, -0.2) is 0 Å². The van der Waals surface area contributed by atoms with Crippen molar-refractivity contribution in [1.82, 2.24) is 4.90 Å². The fourth-order valence-electron chi connectivity index (χ4n) is 2.43. The van der Waals surface area contributed by atoms with Crippen LogP contribution in [0.3, 0.4) is 0 Å². The van der Waals surface area contributed by atoms with Crippen molar-refractivity contribution in [2.24, 2.45) is 0 Å². The molecule has 0 aromatic rings. The average molecular weight is 183 g/mol. The summed E-state index contributed by atoms with van der Waals surface area (Å²) in [5.41, 5.74) is -0.142. The molecule has 2 heteroatoms. The van der Waals surface area contributed by atoms with Crippen LogP contribution in [-0.2, 0) is 4.79 Å². The molecule has 0 N–H and O–H groups in total. The Labute approximate surface area is 81.3 Å². The first-order valence-electron chi connectivity index (χ1n) is 5.28. The summed E-state index contributed by atoms with van der Waals surface area (Å²) in [5, 5.41) is 0. The molecule has 0 radical (unpaired) electrons. The Morgan fingerprint density at radius 3 is 1.85 bits per heavy atom. The minimum absolute atomic E-state index is 0.142. The van der Waals surface area contributed by atoms with E-state index in [-0.39, 0.29) is 5.54 Å². The zero-order chi connectivity index (χ0) is 9.90. The van der Waals surface area contributed by atoms with E-state index in [1.54, 1.807) is 6.92 Å². The molecule has 13 heavy (non-hydrogen) atoms. The minimum atomic E-state index is -0.142. The number of Topliss-reactive ketones (excluding diaryl/α,β-unsaturated/α-hetero) is 1. The molecule has 0 aromatic carbocycles. The molecule has 1 aliphatic rings. The summed E-state index contributed by atoms with van der Waals surface area (Å²) in [4.78, 5) is 13.8. The van der Waals surface area contributed by atoms with Gasteiger partial charge in [-0.15, -0.1) is 0 Å². The number of likely N-dealkylation sites (N-methyl/N-ethyl adjacent to an activating group) is 1. The van der Waals surface area contributed by atoms with Gasteiger partial charge < -0.3 is 0 Å². The monoisotopic (exact) mass is 183 g/mol. The van der Waals surface area contributed by atoms with Crippen molar-refractivity contribution in [2.45, 2.75) is 51.0 Å². The van der Waals surface area contributed by atoms with Gasteiger partial charge in [-0.3, -0.25) is 9.69 Å². The molecule has 0 amide bonds. The average Bonchev–Trinajstić information content (AvgIpc) is 2.28. The first-order valence-corrected chi connectivity index (χ1v) is 5.28. The van der Waals surface area contributed by atoms with Crippen LogP contribution in [0.4, 0.5) is 0 Å². The number of ketones is 1. The highest BCUT2D eigenvalue weighted by Crippen LogP contribution is 2.31.